The fourth-order valence-corrected chi connectivity index (χ4v) is 2.97. The number of rotatable bonds is 5. The predicted molar refractivity (Wildman–Crippen MR) is 106 cm³/mol. The van der Waals surface area contributed by atoms with E-state index < -0.39 is 0 Å². The number of aromatic nitrogens is 1. The number of methoxy groups -OCH3 is 1. The molecule has 2 aromatic rings. The van der Waals surface area contributed by atoms with Crippen molar-refractivity contribution < 1.29 is 19.1 Å². The number of hydrogen-bond donors (Lipinski definition) is 1. The molecule has 2 heterocycles. The van der Waals surface area contributed by atoms with Crippen molar-refractivity contribution in [3.8, 4) is 5.75 Å². The quantitative estimate of drug-likeness (QED) is 0.853. The van der Waals surface area contributed by atoms with E-state index in [4.69, 9.17) is 9.47 Å². The van der Waals surface area contributed by atoms with Crippen molar-refractivity contribution >= 4 is 23.4 Å². The molecule has 1 aromatic carbocycles. The van der Waals surface area contributed by atoms with Gasteiger partial charge in [0.15, 0.2) is 0 Å². The zero-order valence-electron chi connectivity index (χ0n) is 16.1. The Labute approximate surface area is 164 Å². The van der Waals surface area contributed by atoms with Gasteiger partial charge in [-0.1, -0.05) is 6.07 Å². The van der Waals surface area contributed by atoms with Gasteiger partial charge >= 0.3 is 6.09 Å². The van der Waals surface area contributed by atoms with Gasteiger partial charge in [-0.25, -0.2) is 9.78 Å². The molecule has 0 aliphatic carbocycles. The van der Waals surface area contributed by atoms with Gasteiger partial charge in [-0.15, -0.1) is 0 Å². The van der Waals surface area contributed by atoms with Crippen LogP contribution >= 0.6 is 0 Å². The number of hydrogen-bond acceptors (Lipinski definition) is 6. The first-order chi connectivity index (χ1) is 13.6. The van der Waals surface area contributed by atoms with Crippen molar-refractivity contribution in [3.05, 3.63) is 48.3 Å². The summed E-state index contributed by atoms with van der Waals surface area (Å²) in [6, 6.07) is 10.7. The summed E-state index contributed by atoms with van der Waals surface area (Å²) in [6.07, 6.45) is 1.41. The first-order valence-electron chi connectivity index (χ1n) is 9.19. The van der Waals surface area contributed by atoms with Gasteiger partial charge in [-0.05, 0) is 31.2 Å². The van der Waals surface area contributed by atoms with Gasteiger partial charge in [0.1, 0.15) is 11.4 Å². The second-order valence-electron chi connectivity index (χ2n) is 6.26. The van der Waals surface area contributed by atoms with Crippen molar-refractivity contribution in [1.29, 1.82) is 0 Å². The van der Waals surface area contributed by atoms with Gasteiger partial charge < -0.3 is 24.6 Å². The normalized spacial score (nSPS) is 13.8. The molecule has 1 N–H and O–H groups in total. The third kappa shape index (κ3) is 4.70. The molecule has 0 radical (unpaired) electrons. The first kappa shape index (κ1) is 19.5. The van der Waals surface area contributed by atoms with Gasteiger partial charge in [-0.2, -0.15) is 0 Å². The number of amides is 2. The lowest BCUT2D eigenvalue weighted by Gasteiger charge is -2.35. The summed E-state index contributed by atoms with van der Waals surface area (Å²) in [7, 11) is 1.58. The van der Waals surface area contributed by atoms with E-state index in [0.29, 0.717) is 49.9 Å². The van der Waals surface area contributed by atoms with Crippen LogP contribution in [0.5, 0.6) is 5.75 Å². The summed E-state index contributed by atoms with van der Waals surface area (Å²) in [6.45, 7) is 4.74. The monoisotopic (exact) mass is 384 g/mol. The summed E-state index contributed by atoms with van der Waals surface area (Å²) in [5.41, 5.74) is 1.89. The van der Waals surface area contributed by atoms with E-state index in [-0.39, 0.29) is 12.0 Å². The van der Waals surface area contributed by atoms with Crippen LogP contribution in [0.25, 0.3) is 0 Å². The van der Waals surface area contributed by atoms with Crippen LogP contribution in [0.1, 0.15) is 17.4 Å². The molecule has 1 saturated heterocycles. The number of anilines is 2. The van der Waals surface area contributed by atoms with E-state index in [0.717, 1.165) is 5.69 Å². The van der Waals surface area contributed by atoms with Crippen molar-refractivity contribution in [2.24, 2.45) is 0 Å². The standard InChI is InChI=1S/C20H24N4O4/c1-3-28-20(26)24-11-9-23(10-12-24)16-7-8-18(21-14-16)19(25)22-15-5-4-6-17(13-15)27-2/h4-8,13-14H,3,9-12H2,1-2H3,(H,22,25). The molecule has 8 nitrogen and oxygen atoms in total. The van der Waals surface area contributed by atoms with E-state index >= 15 is 0 Å². The molecule has 28 heavy (non-hydrogen) atoms. The Morgan fingerprint density at radius 3 is 2.57 bits per heavy atom. The van der Waals surface area contributed by atoms with Crippen molar-refractivity contribution in [2.75, 3.05) is 50.1 Å². The fraction of sp³-hybridized carbons (Fsp3) is 0.350. The minimum Gasteiger partial charge on any atom is -0.497 e. The number of ether oxygens (including phenoxy) is 2. The van der Waals surface area contributed by atoms with Crippen molar-refractivity contribution in [2.45, 2.75) is 6.92 Å². The van der Waals surface area contributed by atoms with E-state index in [2.05, 4.69) is 15.2 Å². The number of carbonyl (C=O) groups excluding carboxylic acids is 2. The van der Waals surface area contributed by atoms with Gasteiger partial charge in [0.2, 0.25) is 0 Å². The Hall–Kier alpha value is -3.29. The Kier molecular flexibility index (Phi) is 6.31. The smallest absolute Gasteiger partial charge is 0.409 e. The molecule has 1 aromatic heterocycles. The third-order valence-electron chi connectivity index (χ3n) is 4.48. The first-order valence-corrected chi connectivity index (χ1v) is 9.19. The zero-order chi connectivity index (χ0) is 19.9. The molecule has 0 bridgehead atoms. The van der Waals surface area contributed by atoms with Gasteiger partial charge in [0, 0.05) is 37.9 Å². The molecule has 0 spiro atoms. The van der Waals surface area contributed by atoms with E-state index in [1.165, 1.54) is 0 Å². The van der Waals surface area contributed by atoms with Crippen LogP contribution in [-0.4, -0.2) is 61.8 Å². The SMILES string of the molecule is CCOC(=O)N1CCN(c2ccc(C(=O)Nc3cccc(OC)c3)nc2)CC1. The highest BCUT2D eigenvalue weighted by molar-refractivity contribution is 6.03. The van der Waals surface area contributed by atoms with Crippen LogP contribution in [0.2, 0.25) is 0 Å². The van der Waals surface area contributed by atoms with E-state index in [9.17, 15) is 9.59 Å². The molecule has 1 aliphatic heterocycles. The molecule has 1 aliphatic rings. The largest absolute Gasteiger partial charge is 0.497 e. The topological polar surface area (TPSA) is 84.0 Å². The maximum absolute atomic E-state index is 12.4. The van der Waals surface area contributed by atoms with Crippen LogP contribution in [0, 0.1) is 0 Å². The number of nitrogens with one attached hydrogen (secondary N) is 1. The molecule has 0 saturated carbocycles. The van der Waals surface area contributed by atoms with E-state index in [1.807, 2.05) is 12.1 Å². The molecule has 0 unspecified atom stereocenters. The van der Waals surface area contributed by atoms with Crippen LogP contribution < -0.4 is 15.0 Å². The summed E-state index contributed by atoms with van der Waals surface area (Å²) >= 11 is 0. The van der Waals surface area contributed by atoms with Gasteiger partial charge in [-0.3, -0.25) is 4.79 Å². The average molecular weight is 384 g/mol. The van der Waals surface area contributed by atoms with Crippen LogP contribution in [0.4, 0.5) is 16.2 Å². The fourth-order valence-electron chi connectivity index (χ4n) is 2.97. The molecular weight excluding hydrogens is 360 g/mol. The van der Waals surface area contributed by atoms with Crippen molar-refractivity contribution in [3.63, 3.8) is 0 Å². The summed E-state index contributed by atoms with van der Waals surface area (Å²) in [5.74, 6) is 0.384. The van der Waals surface area contributed by atoms with Crippen molar-refractivity contribution in [1.82, 2.24) is 9.88 Å². The minimum atomic E-state index is -0.285. The van der Waals surface area contributed by atoms with Gasteiger partial charge in [0.25, 0.3) is 5.91 Å². The Bertz CT molecular complexity index is 817. The maximum Gasteiger partial charge on any atom is 0.409 e. The zero-order valence-corrected chi connectivity index (χ0v) is 16.1. The Balaban J connectivity index is 1.57. The second kappa shape index (κ2) is 9.07. The van der Waals surface area contributed by atoms with Crippen LogP contribution in [0.3, 0.4) is 0 Å². The molecule has 2 amide bonds. The summed E-state index contributed by atoms with van der Waals surface area (Å²) in [5, 5.41) is 2.81. The number of pyridine rings is 1. The predicted octanol–water partition coefficient (Wildman–Crippen LogP) is 2.62. The highest BCUT2D eigenvalue weighted by Crippen LogP contribution is 2.19. The number of benzene rings is 1. The Morgan fingerprint density at radius 1 is 1.14 bits per heavy atom. The van der Waals surface area contributed by atoms with Gasteiger partial charge in [0.05, 0.1) is 25.6 Å². The second-order valence-corrected chi connectivity index (χ2v) is 6.26. The molecule has 148 valence electrons. The Morgan fingerprint density at radius 2 is 1.93 bits per heavy atom. The molecule has 1 fully saturated rings. The highest BCUT2D eigenvalue weighted by Gasteiger charge is 2.22. The molecule has 8 heteroatoms. The van der Waals surface area contributed by atoms with Crippen LogP contribution in [-0.2, 0) is 4.74 Å². The third-order valence-corrected chi connectivity index (χ3v) is 4.48. The van der Waals surface area contributed by atoms with E-state index in [1.54, 1.807) is 49.4 Å². The lowest BCUT2D eigenvalue weighted by Crippen LogP contribution is -2.49. The number of nitrogens with zero attached hydrogens (tertiary/aromatic N) is 3. The average Bonchev–Trinajstić information content (AvgIpc) is 2.74. The minimum absolute atomic E-state index is 0.273. The molecule has 0 atom stereocenters. The lowest BCUT2D eigenvalue weighted by molar-refractivity contribution is 0.101. The molecular formula is C20H24N4O4. The number of piperazine rings is 1. The number of carbonyl (C=O) groups is 2. The summed E-state index contributed by atoms with van der Waals surface area (Å²) in [4.78, 5) is 32.3. The lowest BCUT2D eigenvalue weighted by atomic mass is 10.2. The maximum atomic E-state index is 12.4. The molecule has 3 rings (SSSR count). The summed E-state index contributed by atoms with van der Waals surface area (Å²) < 4.78 is 10.2. The highest BCUT2D eigenvalue weighted by atomic mass is 16.6. The van der Waals surface area contributed by atoms with Crippen LogP contribution in [0.15, 0.2) is 42.6 Å².